The first kappa shape index (κ1) is 23.4. The second-order valence-electron chi connectivity index (χ2n) is 6.28. The van der Waals surface area contributed by atoms with Crippen LogP contribution in [-0.2, 0) is 13.3 Å². The van der Waals surface area contributed by atoms with E-state index in [9.17, 15) is 0 Å². The smallest absolute Gasteiger partial charge is 0.374 e. The third-order valence-electron chi connectivity index (χ3n) is 4.54. The van der Waals surface area contributed by atoms with Gasteiger partial charge in [0.15, 0.2) is 0 Å². The molecule has 0 aromatic heterocycles. The SMILES string of the molecule is CCO[Si](CCCSC(=S)N(CC)C1CCCCC1)(OCC)OCC. The predicted octanol–water partition coefficient (Wildman–Crippen LogP) is 5.10. The monoisotopic (exact) mass is 407 g/mol. The molecule has 0 amide bonds. The van der Waals surface area contributed by atoms with Gasteiger partial charge < -0.3 is 18.2 Å². The van der Waals surface area contributed by atoms with E-state index >= 15 is 0 Å². The molecular weight excluding hydrogens is 370 g/mol. The molecule has 1 saturated carbocycles. The van der Waals surface area contributed by atoms with E-state index in [4.69, 9.17) is 25.5 Å². The Morgan fingerprint density at radius 1 is 1.00 bits per heavy atom. The summed E-state index contributed by atoms with van der Waals surface area (Å²) in [6.45, 7) is 11.2. The highest BCUT2D eigenvalue weighted by atomic mass is 32.2. The van der Waals surface area contributed by atoms with Gasteiger partial charge in [0.2, 0.25) is 0 Å². The van der Waals surface area contributed by atoms with Crippen LogP contribution in [0.25, 0.3) is 0 Å². The highest BCUT2D eigenvalue weighted by molar-refractivity contribution is 8.22. The van der Waals surface area contributed by atoms with Crippen LogP contribution in [0.15, 0.2) is 0 Å². The summed E-state index contributed by atoms with van der Waals surface area (Å²) in [5, 5.41) is 0. The van der Waals surface area contributed by atoms with E-state index in [-0.39, 0.29) is 0 Å². The minimum Gasteiger partial charge on any atom is -0.374 e. The van der Waals surface area contributed by atoms with E-state index < -0.39 is 8.80 Å². The average Bonchev–Trinajstić information content (AvgIpc) is 2.61. The number of nitrogens with zero attached hydrogens (tertiary/aromatic N) is 1. The van der Waals surface area contributed by atoms with Crippen LogP contribution in [0.3, 0.4) is 0 Å². The van der Waals surface area contributed by atoms with E-state index in [1.807, 2.05) is 32.5 Å². The molecule has 0 heterocycles. The van der Waals surface area contributed by atoms with Gasteiger partial charge in [0.1, 0.15) is 4.32 Å². The van der Waals surface area contributed by atoms with Gasteiger partial charge >= 0.3 is 8.80 Å². The maximum absolute atomic E-state index is 5.92. The molecule has 1 aliphatic carbocycles. The van der Waals surface area contributed by atoms with Gasteiger partial charge in [0, 0.05) is 44.2 Å². The Kier molecular flexibility index (Phi) is 12.6. The van der Waals surface area contributed by atoms with Crippen LogP contribution < -0.4 is 0 Å². The number of hydrogen-bond donors (Lipinski definition) is 0. The first-order valence-electron chi connectivity index (χ1n) is 9.97. The van der Waals surface area contributed by atoms with E-state index in [0.717, 1.165) is 29.1 Å². The molecule has 0 N–H and O–H groups in total. The van der Waals surface area contributed by atoms with Crippen molar-refractivity contribution in [2.24, 2.45) is 0 Å². The predicted molar refractivity (Wildman–Crippen MR) is 114 cm³/mol. The van der Waals surface area contributed by atoms with E-state index in [0.29, 0.717) is 25.9 Å². The summed E-state index contributed by atoms with van der Waals surface area (Å²) in [6, 6.07) is 1.52. The van der Waals surface area contributed by atoms with E-state index in [1.165, 1.54) is 32.1 Å². The fourth-order valence-corrected chi connectivity index (χ4v) is 7.77. The van der Waals surface area contributed by atoms with Crippen molar-refractivity contribution >= 4 is 37.1 Å². The quantitative estimate of drug-likeness (QED) is 0.254. The molecule has 0 aliphatic heterocycles. The molecule has 0 atom stereocenters. The molecule has 1 fully saturated rings. The highest BCUT2D eigenvalue weighted by Crippen LogP contribution is 2.26. The summed E-state index contributed by atoms with van der Waals surface area (Å²) in [5.41, 5.74) is 0. The Labute approximate surface area is 165 Å². The lowest BCUT2D eigenvalue weighted by atomic mass is 9.94. The van der Waals surface area contributed by atoms with Gasteiger partial charge in [0.05, 0.1) is 0 Å². The van der Waals surface area contributed by atoms with Crippen molar-refractivity contribution in [2.45, 2.75) is 78.3 Å². The fraction of sp³-hybridized carbons (Fsp3) is 0.944. The van der Waals surface area contributed by atoms with E-state index in [1.54, 1.807) is 0 Å². The first-order chi connectivity index (χ1) is 12.1. The zero-order valence-corrected chi connectivity index (χ0v) is 19.2. The minimum atomic E-state index is -2.51. The van der Waals surface area contributed by atoms with Crippen molar-refractivity contribution < 1.29 is 13.3 Å². The lowest BCUT2D eigenvalue weighted by Crippen LogP contribution is -2.46. The lowest BCUT2D eigenvalue weighted by molar-refractivity contribution is 0.0712. The Morgan fingerprint density at radius 3 is 2.04 bits per heavy atom. The van der Waals surface area contributed by atoms with Gasteiger partial charge in [-0.1, -0.05) is 43.2 Å². The molecule has 1 aliphatic rings. The van der Waals surface area contributed by atoms with Crippen molar-refractivity contribution in [1.29, 1.82) is 0 Å². The second kappa shape index (κ2) is 13.5. The molecule has 0 bridgehead atoms. The van der Waals surface area contributed by atoms with Crippen LogP contribution in [0.2, 0.25) is 6.04 Å². The fourth-order valence-electron chi connectivity index (χ4n) is 3.46. The first-order valence-corrected chi connectivity index (χ1v) is 13.3. The molecule has 25 heavy (non-hydrogen) atoms. The van der Waals surface area contributed by atoms with Crippen LogP contribution in [0, 0.1) is 0 Å². The highest BCUT2D eigenvalue weighted by Gasteiger charge is 2.39. The molecule has 0 saturated heterocycles. The topological polar surface area (TPSA) is 30.9 Å². The van der Waals surface area contributed by atoms with E-state index in [2.05, 4.69) is 11.8 Å². The zero-order chi connectivity index (χ0) is 18.5. The van der Waals surface area contributed by atoms with Crippen LogP contribution in [0.1, 0.15) is 66.2 Å². The van der Waals surface area contributed by atoms with Crippen molar-refractivity contribution in [3.05, 3.63) is 0 Å². The largest absolute Gasteiger partial charge is 0.500 e. The molecule has 0 spiro atoms. The van der Waals surface area contributed by atoms with Crippen LogP contribution in [0.4, 0.5) is 0 Å². The van der Waals surface area contributed by atoms with Crippen molar-refractivity contribution in [3.63, 3.8) is 0 Å². The number of rotatable bonds is 12. The minimum absolute atomic E-state index is 0.642. The summed E-state index contributed by atoms with van der Waals surface area (Å²) in [6.07, 6.45) is 7.68. The third-order valence-corrected chi connectivity index (χ3v) is 9.25. The number of hydrogen-bond acceptors (Lipinski definition) is 5. The van der Waals surface area contributed by atoms with Crippen molar-refractivity contribution in [2.75, 3.05) is 32.1 Å². The van der Waals surface area contributed by atoms with Crippen LogP contribution >= 0.6 is 24.0 Å². The Balaban J connectivity index is 2.43. The lowest BCUT2D eigenvalue weighted by Gasteiger charge is -2.35. The zero-order valence-electron chi connectivity index (χ0n) is 16.6. The Hall–Kier alpha value is 0.337. The number of thioether (sulfide) groups is 1. The molecular formula is C18H37NO3S2Si. The van der Waals surface area contributed by atoms with Gasteiger partial charge in [-0.05, 0) is 47.0 Å². The van der Waals surface area contributed by atoms with Crippen molar-refractivity contribution in [3.8, 4) is 0 Å². The molecule has 0 radical (unpaired) electrons. The molecule has 1 rings (SSSR count). The third kappa shape index (κ3) is 8.26. The summed E-state index contributed by atoms with van der Waals surface area (Å²) < 4.78 is 18.8. The molecule has 0 aromatic carbocycles. The van der Waals surface area contributed by atoms with Gasteiger partial charge in [-0.2, -0.15) is 0 Å². The maximum atomic E-state index is 5.92. The Morgan fingerprint density at radius 2 is 1.56 bits per heavy atom. The standard InChI is InChI=1S/C18H37NO3S2Si/c1-5-19(17-13-10-9-11-14-17)18(23)24-15-12-16-25(20-6-2,21-7-3)22-8-4/h17H,5-16H2,1-4H3. The Bertz CT molecular complexity index is 351. The summed E-state index contributed by atoms with van der Waals surface area (Å²) >= 11 is 7.53. The average molecular weight is 408 g/mol. The van der Waals surface area contributed by atoms with Gasteiger partial charge in [-0.15, -0.1) is 0 Å². The van der Waals surface area contributed by atoms with Crippen molar-refractivity contribution in [1.82, 2.24) is 4.90 Å². The summed E-state index contributed by atoms with van der Waals surface area (Å²) in [7, 11) is -2.51. The summed E-state index contributed by atoms with van der Waals surface area (Å²) in [4.78, 5) is 2.44. The molecule has 4 nitrogen and oxygen atoms in total. The molecule has 0 aromatic rings. The van der Waals surface area contributed by atoms with Crippen LogP contribution in [0.5, 0.6) is 0 Å². The second-order valence-corrected chi connectivity index (χ2v) is 10.7. The van der Waals surface area contributed by atoms with Gasteiger partial charge in [0.25, 0.3) is 0 Å². The number of thiocarbonyl (C=S) groups is 1. The van der Waals surface area contributed by atoms with Gasteiger partial charge in [-0.3, -0.25) is 0 Å². The summed E-state index contributed by atoms with van der Waals surface area (Å²) in [5.74, 6) is 1.00. The normalized spacial score (nSPS) is 16.2. The molecule has 7 heteroatoms. The van der Waals surface area contributed by atoms with Crippen LogP contribution in [-0.4, -0.2) is 56.2 Å². The molecule has 148 valence electrons. The maximum Gasteiger partial charge on any atom is 0.500 e. The molecule has 0 unspecified atom stereocenters. The van der Waals surface area contributed by atoms with Gasteiger partial charge in [-0.25, -0.2) is 0 Å².